The number of hydrogen-bond acceptors (Lipinski definition) is 4. The van der Waals surface area contributed by atoms with Crippen LogP contribution < -0.4 is 10.3 Å². The van der Waals surface area contributed by atoms with Gasteiger partial charge in [0.15, 0.2) is 5.16 Å². The lowest BCUT2D eigenvalue weighted by molar-refractivity contribution is 0.411. The van der Waals surface area contributed by atoms with Gasteiger partial charge in [-0.3, -0.25) is 9.36 Å². The van der Waals surface area contributed by atoms with Crippen LogP contribution in [0.5, 0.6) is 5.75 Å². The molecule has 1 heterocycles. The predicted octanol–water partition coefficient (Wildman–Crippen LogP) is 5.30. The number of rotatable bonds is 5. The van der Waals surface area contributed by atoms with Gasteiger partial charge in [0.2, 0.25) is 0 Å². The summed E-state index contributed by atoms with van der Waals surface area (Å²) in [5, 5.41) is 1.24. The van der Waals surface area contributed by atoms with Gasteiger partial charge in [0.25, 0.3) is 5.56 Å². The minimum absolute atomic E-state index is 0.0939. The fraction of sp³-hybridized carbons (Fsp3) is 0.167. The van der Waals surface area contributed by atoms with Crippen molar-refractivity contribution in [2.45, 2.75) is 24.8 Å². The van der Waals surface area contributed by atoms with Crippen LogP contribution >= 0.6 is 11.8 Å². The second-order valence-electron chi connectivity index (χ2n) is 6.94. The quantitative estimate of drug-likeness (QED) is 0.335. The van der Waals surface area contributed by atoms with Crippen molar-refractivity contribution >= 4 is 22.7 Å². The third-order valence-corrected chi connectivity index (χ3v) is 5.92. The first-order valence-electron chi connectivity index (χ1n) is 9.42. The van der Waals surface area contributed by atoms with E-state index in [1.165, 1.54) is 16.7 Å². The average molecular weight is 403 g/mol. The van der Waals surface area contributed by atoms with Crippen LogP contribution in [0.15, 0.2) is 76.7 Å². The van der Waals surface area contributed by atoms with Crippen LogP contribution in [0.4, 0.5) is 0 Å². The molecular formula is C24H22N2O2S. The Hall–Kier alpha value is -3.05. The monoisotopic (exact) mass is 402 g/mol. The van der Waals surface area contributed by atoms with Gasteiger partial charge in [0.1, 0.15) is 5.75 Å². The van der Waals surface area contributed by atoms with Gasteiger partial charge in [-0.1, -0.05) is 59.8 Å². The number of thioether (sulfide) groups is 1. The van der Waals surface area contributed by atoms with E-state index < -0.39 is 0 Å². The summed E-state index contributed by atoms with van der Waals surface area (Å²) in [6.07, 6.45) is 0. The van der Waals surface area contributed by atoms with Crippen molar-refractivity contribution in [3.8, 4) is 11.4 Å². The van der Waals surface area contributed by atoms with Crippen LogP contribution in [0.25, 0.3) is 16.6 Å². The van der Waals surface area contributed by atoms with Crippen LogP contribution in [0, 0.1) is 13.8 Å². The van der Waals surface area contributed by atoms with E-state index in [2.05, 4.69) is 32.0 Å². The summed E-state index contributed by atoms with van der Waals surface area (Å²) in [4.78, 5) is 18.2. The second kappa shape index (κ2) is 8.13. The minimum Gasteiger partial charge on any atom is -0.495 e. The van der Waals surface area contributed by atoms with E-state index in [9.17, 15) is 4.79 Å². The molecule has 29 heavy (non-hydrogen) atoms. The molecule has 0 aliphatic heterocycles. The van der Waals surface area contributed by atoms with E-state index in [1.54, 1.807) is 23.4 Å². The summed E-state index contributed by atoms with van der Waals surface area (Å²) in [5.41, 5.74) is 5.00. The summed E-state index contributed by atoms with van der Waals surface area (Å²) in [6.45, 7) is 4.20. The lowest BCUT2D eigenvalue weighted by atomic mass is 10.1. The molecule has 0 saturated carbocycles. The van der Waals surface area contributed by atoms with Crippen molar-refractivity contribution in [3.05, 3.63) is 93.8 Å². The highest BCUT2D eigenvalue weighted by Crippen LogP contribution is 2.29. The van der Waals surface area contributed by atoms with Crippen molar-refractivity contribution in [2.24, 2.45) is 0 Å². The molecule has 0 bridgehead atoms. The molecule has 146 valence electrons. The number of aryl methyl sites for hydroxylation is 2. The fourth-order valence-electron chi connectivity index (χ4n) is 3.33. The number of benzene rings is 3. The Morgan fingerprint density at radius 3 is 2.59 bits per heavy atom. The Balaban J connectivity index is 1.88. The molecule has 0 amide bonds. The van der Waals surface area contributed by atoms with Gasteiger partial charge in [0, 0.05) is 5.75 Å². The average Bonchev–Trinajstić information content (AvgIpc) is 2.74. The fourth-order valence-corrected chi connectivity index (χ4v) is 4.40. The topological polar surface area (TPSA) is 44.1 Å². The first-order valence-corrected chi connectivity index (χ1v) is 10.4. The molecule has 0 radical (unpaired) electrons. The molecule has 0 unspecified atom stereocenters. The first kappa shape index (κ1) is 19.3. The van der Waals surface area contributed by atoms with Crippen molar-refractivity contribution in [3.63, 3.8) is 0 Å². The van der Waals surface area contributed by atoms with Gasteiger partial charge in [-0.05, 0) is 49.2 Å². The lowest BCUT2D eigenvalue weighted by Gasteiger charge is -2.16. The molecule has 0 saturated heterocycles. The molecule has 0 aliphatic carbocycles. The standard InChI is InChI=1S/C24H22N2O2S/c1-16-12-13-17(2)18(14-16)15-29-24-25-20-9-5-4-8-19(20)23(27)26(24)21-10-6-7-11-22(21)28-3/h4-14H,15H2,1-3H3. The maximum absolute atomic E-state index is 13.4. The molecule has 0 N–H and O–H groups in total. The number of para-hydroxylation sites is 3. The Morgan fingerprint density at radius 2 is 1.76 bits per heavy atom. The summed E-state index contributed by atoms with van der Waals surface area (Å²) in [5.74, 6) is 1.37. The van der Waals surface area contributed by atoms with Gasteiger partial charge in [-0.25, -0.2) is 4.98 Å². The molecular weight excluding hydrogens is 380 g/mol. The lowest BCUT2D eigenvalue weighted by Crippen LogP contribution is -2.22. The smallest absolute Gasteiger partial charge is 0.266 e. The van der Waals surface area contributed by atoms with Gasteiger partial charge in [0.05, 0.1) is 23.7 Å². The van der Waals surface area contributed by atoms with Gasteiger partial charge in [-0.15, -0.1) is 0 Å². The number of methoxy groups -OCH3 is 1. The Kier molecular flexibility index (Phi) is 5.41. The normalized spacial score (nSPS) is 11.0. The molecule has 0 atom stereocenters. The van der Waals surface area contributed by atoms with E-state index in [4.69, 9.17) is 9.72 Å². The molecule has 5 heteroatoms. The van der Waals surface area contributed by atoms with Gasteiger partial charge >= 0.3 is 0 Å². The molecule has 3 aromatic carbocycles. The maximum atomic E-state index is 13.4. The van der Waals surface area contributed by atoms with E-state index in [1.807, 2.05) is 48.5 Å². The molecule has 4 aromatic rings. The van der Waals surface area contributed by atoms with E-state index in [-0.39, 0.29) is 5.56 Å². The SMILES string of the molecule is COc1ccccc1-n1c(SCc2cc(C)ccc2C)nc2ccccc2c1=O. The summed E-state index contributed by atoms with van der Waals surface area (Å²) in [6, 6.07) is 21.4. The zero-order valence-corrected chi connectivity index (χ0v) is 17.5. The van der Waals surface area contributed by atoms with E-state index in [0.29, 0.717) is 27.5 Å². The van der Waals surface area contributed by atoms with Crippen molar-refractivity contribution in [1.82, 2.24) is 9.55 Å². The molecule has 0 fully saturated rings. The maximum Gasteiger partial charge on any atom is 0.266 e. The second-order valence-corrected chi connectivity index (χ2v) is 7.89. The third kappa shape index (κ3) is 3.78. The van der Waals surface area contributed by atoms with Crippen LogP contribution in [0.2, 0.25) is 0 Å². The van der Waals surface area contributed by atoms with Crippen LogP contribution in [-0.4, -0.2) is 16.7 Å². The van der Waals surface area contributed by atoms with Crippen molar-refractivity contribution in [2.75, 3.05) is 7.11 Å². The summed E-state index contributed by atoms with van der Waals surface area (Å²) < 4.78 is 7.19. The number of hydrogen-bond donors (Lipinski definition) is 0. The summed E-state index contributed by atoms with van der Waals surface area (Å²) >= 11 is 1.56. The predicted molar refractivity (Wildman–Crippen MR) is 119 cm³/mol. The van der Waals surface area contributed by atoms with Crippen LogP contribution in [-0.2, 0) is 5.75 Å². The molecule has 4 rings (SSSR count). The van der Waals surface area contributed by atoms with Crippen LogP contribution in [0.1, 0.15) is 16.7 Å². The zero-order valence-electron chi connectivity index (χ0n) is 16.7. The molecule has 1 aromatic heterocycles. The number of fused-ring (bicyclic) bond motifs is 1. The molecule has 0 aliphatic rings. The third-order valence-electron chi connectivity index (χ3n) is 4.93. The van der Waals surface area contributed by atoms with E-state index in [0.717, 1.165) is 5.75 Å². The largest absolute Gasteiger partial charge is 0.495 e. The Bertz CT molecular complexity index is 1250. The van der Waals surface area contributed by atoms with Crippen LogP contribution in [0.3, 0.4) is 0 Å². The van der Waals surface area contributed by atoms with Gasteiger partial charge in [-0.2, -0.15) is 0 Å². The van der Waals surface area contributed by atoms with Gasteiger partial charge < -0.3 is 4.74 Å². The van der Waals surface area contributed by atoms with E-state index >= 15 is 0 Å². The Labute approximate surface area is 174 Å². The molecule has 4 nitrogen and oxygen atoms in total. The zero-order chi connectivity index (χ0) is 20.4. The van der Waals surface area contributed by atoms with Crippen molar-refractivity contribution in [1.29, 1.82) is 0 Å². The minimum atomic E-state index is -0.0939. The number of nitrogens with zero attached hydrogens (tertiary/aromatic N) is 2. The highest BCUT2D eigenvalue weighted by molar-refractivity contribution is 7.98. The first-order chi connectivity index (χ1) is 14.1. The molecule has 0 spiro atoms. The highest BCUT2D eigenvalue weighted by atomic mass is 32.2. The highest BCUT2D eigenvalue weighted by Gasteiger charge is 2.16. The Morgan fingerprint density at radius 1 is 1.00 bits per heavy atom. The number of aromatic nitrogens is 2. The summed E-state index contributed by atoms with van der Waals surface area (Å²) in [7, 11) is 1.61. The van der Waals surface area contributed by atoms with Crippen molar-refractivity contribution < 1.29 is 4.74 Å². The number of ether oxygens (including phenoxy) is 1.